The minimum Gasteiger partial charge on any atom is -0.397 e. The van der Waals surface area contributed by atoms with Gasteiger partial charge in [0.1, 0.15) is 5.82 Å². The second-order valence-electron chi connectivity index (χ2n) is 5.20. The second kappa shape index (κ2) is 3.63. The van der Waals surface area contributed by atoms with Crippen LogP contribution in [-0.2, 0) is 0 Å². The molecule has 0 bridgehead atoms. The van der Waals surface area contributed by atoms with E-state index >= 15 is 0 Å². The molecule has 1 aromatic heterocycles. The summed E-state index contributed by atoms with van der Waals surface area (Å²) >= 11 is 0. The van der Waals surface area contributed by atoms with Gasteiger partial charge in [0.25, 0.3) is 0 Å². The van der Waals surface area contributed by atoms with Crippen LogP contribution in [0.1, 0.15) is 25.8 Å². The van der Waals surface area contributed by atoms with Crippen molar-refractivity contribution in [3.8, 4) is 0 Å². The third kappa shape index (κ3) is 1.73. The molecule has 1 aliphatic carbocycles. The van der Waals surface area contributed by atoms with Crippen molar-refractivity contribution in [1.82, 2.24) is 4.98 Å². The Hall–Kier alpha value is -1.29. The molecular weight excluding hydrogens is 202 g/mol. The molecule has 16 heavy (non-hydrogen) atoms. The molecule has 1 aliphatic rings. The lowest BCUT2D eigenvalue weighted by Crippen LogP contribution is -2.57. The number of nitrogens with zero attached hydrogens (tertiary/aromatic N) is 1. The van der Waals surface area contributed by atoms with Crippen molar-refractivity contribution in [1.29, 1.82) is 0 Å². The van der Waals surface area contributed by atoms with Crippen LogP contribution in [0.15, 0.2) is 12.3 Å². The first-order valence-corrected chi connectivity index (χ1v) is 5.58. The summed E-state index contributed by atoms with van der Waals surface area (Å²) in [5.74, 6) is 0.860. The van der Waals surface area contributed by atoms with E-state index in [4.69, 9.17) is 5.73 Å². The summed E-state index contributed by atoms with van der Waals surface area (Å²) in [5.41, 5.74) is 7.28. The molecule has 1 fully saturated rings. The van der Waals surface area contributed by atoms with E-state index in [9.17, 15) is 5.11 Å². The number of aliphatic hydroxyl groups is 1. The Morgan fingerprint density at radius 2 is 2.25 bits per heavy atom. The predicted octanol–water partition coefficient (Wildman–Crippen LogP) is 1.54. The second-order valence-corrected chi connectivity index (χ2v) is 5.20. The predicted molar refractivity (Wildman–Crippen MR) is 65.2 cm³/mol. The maximum atomic E-state index is 9.66. The maximum Gasteiger partial charge on any atom is 0.129 e. The molecule has 2 unspecified atom stereocenters. The fraction of sp³-hybridized carbons (Fsp3) is 0.583. The maximum absolute atomic E-state index is 9.66. The summed E-state index contributed by atoms with van der Waals surface area (Å²) in [4.78, 5) is 4.27. The molecule has 2 atom stereocenters. The van der Waals surface area contributed by atoms with Crippen molar-refractivity contribution in [3.05, 3.63) is 17.8 Å². The molecule has 0 aliphatic heterocycles. The van der Waals surface area contributed by atoms with Gasteiger partial charge in [0.2, 0.25) is 0 Å². The molecule has 0 radical (unpaired) electrons. The Morgan fingerprint density at radius 3 is 2.75 bits per heavy atom. The van der Waals surface area contributed by atoms with Gasteiger partial charge in [0, 0.05) is 11.5 Å². The first-order valence-electron chi connectivity index (χ1n) is 5.58. The molecule has 2 rings (SSSR count). The molecule has 4 heteroatoms. The zero-order chi connectivity index (χ0) is 11.9. The van der Waals surface area contributed by atoms with Crippen molar-refractivity contribution in [2.24, 2.45) is 5.41 Å². The Kier molecular flexibility index (Phi) is 2.54. The first kappa shape index (κ1) is 11.2. The zero-order valence-electron chi connectivity index (χ0n) is 9.99. The quantitative estimate of drug-likeness (QED) is 0.708. The molecule has 4 N–H and O–H groups in total. The number of aliphatic hydroxyl groups excluding tert-OH is 1. The van der Waals surface area contributed by atoms with Crippen molar-refractivity contribution in [2.75, 3.05) is 11.1 Å². The standard InChI is InChI=1S/C12H19N3O/c1-7-4-8(13)6-14-11(7)15-9-5-10(16)12(9,2)3/h4,6,9-10,16H,5,13H2,1-3H3,(H,14,15). The summed E-state index contributed by atoms with van der Waals surface area (Å²) in [6.45, 7) is 6.10. The average molecular weight is 221 g/mol. The van der Waals surface area contributed by atoms with Crippen LogP contribution in [-0.4, -0.2) is 22.2 Å². The number of nitrogen functional groups attached to an aromatic ring is 1. The molecule has 0 saturated heterocycles. The largest absolute Gasteiger partial charge is 0.397 e. The fourth-order valence-electron chi connectivity index (χ4n) is 2.06. The van der Waals surface area contributed by atoms with Crippen LogP contribution in [0, 0.1) is 12.3 Å². The first-order chi connectivity index (χ1) is 7.41. The molecule has 0 spiro atoms. The fourth-order valence-corrected chi connectivity index (χ4v) is 2.06. The Bertz CT molecular complexity index is 403. The molecule has 0 amide bonds. The van der Waals surface area contributed by atoms with Gasteiger partial charge in [-0.15, -0.1) is 0 Å². The van der Waals surface area contributed by atoms with E-state index in [1.165, 1.54) is 0 Å². The number of hydrogen-bond acceptors (Lipinski definition) is 4. The van der Waals surface area contributed by atoms with Crippen LogP contribution >= 0.6 is 0 Å². The van der Waals surface area contributed by atoms with Gasteiger partial charge >= 0.3 is 0 Å². The summed E-state index contributed by atoms with van der Waals surface area (Å²) < 4.78 is 0. The number of anilines is 2. The highest BCUT2D eigenvalue weighted by Crippen LogP contribution is 2.42. The van der Waals surface area contributed by atoms with Crippen LogP contribution in [0.5, 0.6) is 0 Å². The van der Waals surface area contributed by atoms with Gasteiger partial charge in [-0.25, -0.2) is 4.98 Å². The van der Waals surface area contributed by atoms with Crippen molar-refractivity contribution in [3.63, 3.8) is 0 Å². The molecule has 4 nitrogen and oxygen atoms in total. The third-order valence-electron chi connectivity index (χ3n) is 3.63. The summed E-state index contributed by atoms with van der Waals surface area (Å²) in [6.07, 6.45) is 2.20. The number of hydrogen-bond donors (Lipinski definition) is 3. The van der Waals surface area contributed by atoms with Crippen LogP contribution in [0.2, 0.25) is 0 Å². The van der Waals surface area contributed by atoms with E-state index < -0.39 is 0 Å². The van der Waals surface area contributed by atoms with Crippen LogP contribution in [0.25, 0.3) is 0 Å². The highest BCUT2D eigenvalue weighted by molar-refractivity contribution is 5.51. The van der Waals surface area contributed by atoms with Gasteiger partial charge in [-0.2, -0.15) is 0 Å². The van der Waals surface area contributed by atoms with Crippen molar-refractivity contribution >= 4 is 11.5 Å². The Balaban J connectivity index is 2.11. The van der Waals surface area contributed by atoms with E-state index in [1.807, 2.05) is 13.0 Å². The van der Waals surface area contributed by atoms with Gasteiger partial charge in [0.15, 0.2) is 0 Å². The van der Waals surface area contributed by atoms with Gasteiger partial charge in [0.05, 0.1) is 18.0 Å². The smallest absolute Gasteiger partial charge is 0.129 e. The minimum absolute atomic E-state index is 0.0878. The normalized spacial score (nSPS) is 27.2. The lowest BCUT2D eigenvalue weighted by atomic mass is 9.64. The number of aryl methyl sites for hydroxylation is 1. The topological polar surface area (TPSA) is 71.2 Å². The Morgan fingerprint density at radius 1 is 1.56 bits per heavy atom. The highest BCUT2D eigenvalue weighted by Gasteiger charge is 2.47. The van der Waals surface area contributed by atoms with Gasteiger partial charge < -0.3 is 16.2 Å². The van der Waals surface area contributed by atoms with Gasteiger partial charge in [-0.05, 0) is 25.0 Å². The highest BCUT2D eigenvalue weighted by atomic mass is 16.3. The third-order valence-corrected chi connectivity index (χ3v) is 3.63. The van der Waals surface area contributed by atoms with E-state index in [0.29, 0.717) is 5.69 Å². The summed E-state index contributed by atoms with van der Waals surface area (Å²) in [7, 11) is 0. The number of nitrogens with one attached hydrogen (secondary N) is 1. The van der Waals surface area contributed by atoms with Crippen LogP contribution in [0.4, 0.5) is 11.5 Å². The molecule has 1 saturated carbocycles. The molecule has 88 valence electrons. The van der Waals surface area contributed by atoms with E-state index in [-0.39, 0.29) is 17.6 Å². The number of pyridine rings is 1. The summed E-state index contributed by atoms with van der Waals surface area (Å²) in [5, 5.41) is 13.0. The number of nitrogens with two attached hydrogens (primary N) is 1. The average Bonchev–Trinajstić information content (AvgIpc) is 2.21. The molecule has 0 aromatic carbocycles. The monoisotopic (exact) mass is 221 g/mol. The molecule has 1 heterocycles. The van der Waals surface area contributed by atoms with E-state index in [2.05, 4.69) is 24.1 Å². The van der Waals surface area contributed by atoms with E-state index in [1.54, 1.807) is 6.20 Å². The van der Waals surface area contributed by atoms with Crippen molar-refractivity contribution in [2.45, 2.75) is 39.3 Å². The SMILES string of the molecule is Cc1cc(N)cnc1NC1CC(O)C1(C)C. The summed E-state index contributed by atoms with van der Waals surface area (Å²) in [6, 6.07) is 2.18. The van der Waals surface area contributed by atoms with Crippen molar-refractivity contribution < 1.29 is 5.11 Å². The molecular formula is C12H19N3O. The number of aromatic nitrogens is 1. The van der Waals surface area contributed by atoms with Gasteiger partial charge in [-0.1, -0.05) is 13.8 Å². The van der Waals surface area contributed by atoms with Gasteiger partial charge in [-0.3, -0.25) is 0 Å². The van der Waals surface area contributed by atoms with E-state index in [0.717, 1.165) is 17.8 Å². The Labute approximate surface area is 95.9 Å². The minimum atomic E-state index is -0.223. The van der Waals surface area contributed by atoms with Crippen LogP contribution < -0.4 is 11.1 Å². The number of rotatable bonds is 2. The lowest BCUT2D eigenvalue weighted by molar-refractivity contribution is -0.0511. The van der Waals surface area contributed by atoms with Crippen LogP contribution in [0.3, 0.4) is 0 Å². The lowest BCUT2D eigenvalue weighted by Gasteiger charge is -2.49. The zero-order valence-corrected chi connectivity index (χ0v) is 9.99. The molecule has 1 aromatic rings.